The zero-order valence-corrected chi connectivity index (χ0v) is 16.1. The van der Waals surface area contributed by atoms with Crippen molar-refractivity contribution in [3.05, 3.63) is 65.6 Å². The van der Waals surface area contributed by atoms with Crippen LogP contribution in [0.15, 0.2) is 65.0 Å². The topological polar surface area (TPSA) is 82.4 Å². The fraction of sp³-hybridized carbons (Fsp3) is 0.143. The van der Waals surface area contributed by atoms with Crippen LogP contribution >= 0.6 is 11.8 Å². The van der Waals surface area contributed by atoms with Gasteiger partial charge in [0.2, 0.25) is 0 Å². The Morgan fingerprint density at radius 2 is 1.96 bits per heavy atom. The molecule has 144 valence electrons. The van der Waals surface area contributed by atoms with Crippen molar-refractivity contribution in [3.8, 4) is 17.2 Å². The second kappa shape index (κ2) is 8.67. The normalized spacial score (nSPS) is 16.8. The predicted molar refractivity (Wildman–Crippen MR) is 112 cm³/mol. The van der Waals surface area contributed by atoms with E-state index >= 15 is 0 Å². The number of amidine groups is 1. The van der Waals surface area contributed by atoms with Gasteiger partial charge in [-0.05, 0) is 66.7 Å². The molecular weight excluding hydrogens is 376 g/mol. The Labute approximate surface area is 167 Å². The van der Waals surface area contributed by atoms with Gasteiger partial charge in [-0.25, -0.2) is 4.99 Å². The molecule has 6 nitrogen and oxygen atoms in total. The second-order valence-corrected chi connectivity index (χ2v) is 6.90. The summed E-state index contributed by atoms with van der Waals surface area (Å²) < 4.78 is 5.40. The molecule has 1 saturated heterocycles. The number of ether oxygens (including phenoxy) is 1. The van der Waals surface area contributed by atoms with Crippen LogP contribution in [0, 0.1) is 0 Å². The van der Waals surface area contributed by atoms with Crippen molar-refractivity contribution in [2.45, 2.75) is 6.92 Å². The predicted octanol–water partition coefficient (Wildman–Crippen LogP) is 4.29. The number of phenols is 2. The third-order valence-electron chi connectivity index (χ3n) is 3.86. The van der Waals surface area contributed by atoms with Gasteiger partial charge in [0.1, 0.15) is 5.75 Å². The van der Waals surface area contributed by atoms with Gasteiger partial charge in [0, 0.05) is 6.54 Å². The van der Waals surface area contributed by atoms with Crippen LogP contribution in [0.2, 0.25) is 0 Å². The lowest BCUT2D eigenvalue weighted by molar-refractivity contribution is -0.121. The molecule has 28 heavy (non-hydrogen) atoms. The molecule has 1 heterocycles. The Balaban J connectivity index is 1.93. The molecule has 1 amide bonds. The third kappa shape index (κ3) is 4.37. The van der Waals surface area contributed by atoms with E-state index < -0.39 is 0 Å². The molecule has 7 heteroatoms. The average Bonchev–Trinajstić information content (AvgIpc) is 2.96. The van der Waals surface area contributed by atoms with E-state index in [1.807, 2.05) is 6.92 Å². The van der Waals surface area contributed by atoms with Crippen LogP contribution in [0.5, 0.6) is 17.2 Å². The Hall–Kier alpha value is -3.19. The molecule has 0 aliphatic carbocycles. The largest absolute Gasteiger partial charge is 0.508 e. The van der Waals surface area contributed by atoms with Crippen molar-refractivity contribution in [2.24, 2.45) is 4.99 Å². The van der Waals surface area contributed by atoms with E-state index in [2.05, 4.69) is 11.6 Å². The maximum Gasteiger partial charge on any atom is 0.267 e. The summed E-state index contributed by atoms with van der Waals surface area (Å²) in [5.74, 6) is 0.402. The molecule has 2 aromatic rings. The van der Waals surface area contributed by atoms with Gasteiger partial charge in [-0.2, -0.15) is 0 Å². The Morgan fingerprint density at radius 3 is 2.64 bits per heavy atom. The molecule has 2 N–H and O–H groups in total. The van der Waals surface area contributed by atoms with Gasteiger partial charge >= 0.3 is 0 Å². The van der Waals surface area contributed by atoms with Crippen LogP contribution in [-0.2, 0) is 4.79 Å². The second-order valence-electron chi connectivity index (χ2n) is 5.89. The summed E-state index contributed by atoms with van der Waals surface area (Å²) in [5.41, 5.74) is 1.37. The number of hydrogen-bond acceptors (Lipinski definition) is 6. The Bertz CT molecular complexity index is 951. The van der Waals surface area contributed by atoms with Crippen molar-refractivity contribution in [1.82, 2.24) is 4.90 Å². The smallest absolute Gasteiger partial charge is 0.267 e. The molecule has 2 aromatic carbocycles. The molecule has 0 unspecified atom stereocenters. The van der Waals surface area contributed by atoms with Crippen molar-refractivity contribution in [3.63, 3.8) is 0 Å². The number of nitrogens with zero attached hydrogens (tertiary/aromatic N) is 2. The van der Waals surface area contributed by atoms with Gasteiger partial charge in [-0.1, -0.05) is 12.1 Å². The lowest BCUT2D eigenvalue weighted by atomic mass is 10.2. The lowest BCUT2D eigenvalue weighted by Gasteiger charge is -2.12. The average molecular weight is 396 g/mol. The summed E-state index contributed by atoms with van der Waals surface area (Å²) >= 11 is 1.26. The van der Waals surface area contributed by atoms with E-state index in [0.29, 0.717) is 34.7 Å². The van der Waals surface area contributed by atoms with Crippen LogP contribution in [0.3, 0.4) is 0 Å². The molecule has 1 fully saturated rings. The van der Waals surface area contributed by atoms with E-state index in [0.717, 1.165) is 5.56 Å². The van der Waals surface area contributed by atoms with Gasteiger partial charge in [-0.3, -0.25) is 9.69 Å². The monoisotopic (exact) mass is 396 g/mol. The van der Waals surface area contributed by atoms with Crippen LogP contribution < -0.4 is 4.74 Å². The molecule has 0 atom stereocenters. The molecule has 0 saturated carbocycles. The van der Waals surface area contributed by atoms with Gasteiger partial charge < -0.3 is 14.9 Å². The molecule has 1 aliphatic rings. The SMILES string of the molecule is C=CCN1C(=O)/C(=C/c2ccc(O)c(OCC)c2)SC1=Nc1ccc(O)cc1. The van der Waals surface area contributed by atoms with Crippen LogP contribution in [0.1, 0.15) is 12.5 Å². The zero-order chi connectivity index (χ0) is 20.1. The fourth-order valence-electron chi connectivity index (χ4n) is 2.56. The quantitative estimate of drug-likeness (QED) is 0.562. The number of rotatable bonds is 6. The van der Waals surface area contributed by atoms with Gasteiger partial charge in [0.05, 0.1) is 17.2 Å². The first kappa shape index (κ1) is 19.6. The summed E-state index contributed by atoms with van der Waals surface area (Å²) in [7, 11) is 0. The number of aromatic hydroxyl groups is 2. The molecule has 0 spiro atoms. The highest BCUT2D eigenvalue weighted by atomic mass is 32.2. The summed E-state index contributed by atoms with van der Waals surface area (Å²) in [6.45, 7) is 6.30. The van der Waals surface area contributed by atoms with E-state index in [-0.39, 0.29) is 17.4 Å². The van der Waals surface area contributed by atoms with Crippen LogP contribution in [0.4, 0.5) is 5.69 Å². The maximum atomic E-state index is 12.8. The molecule has 0 radical (unpaired) electrons. The summed E-state index contributed by atoms with van der Waals surface area (Å²) in [6.07, 6.45) is 3.38. The highest BCUT2D eigenvalue weighted by Crippen LogP contribution is 2.35. The summed E-state index contributed by atoms with van der Waals surface area (Å²) in [5, 5.41) is 19.8. The number of carbonyl (C=O) groups is 1. The van der Waals surface area contributed by atoms with E-state index in [4.69, 9.17) is 4.74 Å². The fourth-order valence-corrected chi connectivity index (χ4v) is 3.57. The zero-order valence-electron chi connectivity index (χ0n) is 15.3. The van der Waals surface area contributed by atoms with Gasteiger partial charge in [0.15, 0.2) is 16.7 Å². The highest BCUT2D eigenvalue weighted by molar-refractivity contribution is 8.18. The van der Waals surface area contributed by atoms with Crippen molar-refractivity contribution < 1.29 is 19.7 Å². The Morgan fingerprint density at radius 1 is 1.21 bits per heavy atom. The number of amides is 1. The minimum absolute atomic E-state index is 0.0530. The number of carbonyl (C=O) groups excluding carboxylic acids is 1. The first-order chi connectivity index (χ1) is 13.5. The summed E-state index contributed by atoms with van der Waals surface area (Å²) in [4.78, 5) is 19.4. The Kier molecular flexibility index (Phi) is 6.06. The minimum atomic E-state index is -0.173. The number of aliphatic imine (C=N–C) groups is 1. The van der Waals surface area contributed by atoms with Crippen LogP contribution in [0.25, 0.3) is 6.08 Å². The minimum Gasteiger partial charge on any atom is -0.508 e. The third-order valence-corrected chi connectivity index (χ3v) is 4.86. The maximum absolute atomic E-state index is 12.8. The van der Waals surface area contributed by atoms with Crippen molar-refractivity contribution in [1.29, 1.82) is 0 Å². The number of phenolic OH excluding ortho intramolecular Hbond substituents is 2. The van der Waals surface area contributed by atoms with Gasteiger partial charge in [0.25, 0.3) is 5.91 Å². The molecule has 1 aliphatic heterocycles. The number of thioether (sulfide) groups is 1. The molecule has 0 aromatic heterocycles. The first-order valence-electron chi connectivity index (χ1n) is 8.67. The van der Waals surface area contributed by atoms with E-state index in [1.165, 1.54) is 17.8 Å². The number of hydrogen-bond donors (Lipinski definition) is 2. The lowest BCUT2D eigenvalue weighted by Crippen LogP contribution is -2.29. The van der Waals surface area contributed by atoms with Crippen molar-refractivity contribution >= 4 is 34.6 Å². The van der Waals surface area contributed by atoms with Crippen molar-refractivity contribution in [2.75, 3.05) is 13.2 Å². The summed E-state index contributed by atoms with van der Waals surface area (Å²) in [6, 6.07) is 11.4. The molecular formula is C21H20N2O4S. The number of benzene rings is 2. The highest BCUT2D eigenvalue weighted by Gasteiger charge is 2.32. The van der Waals surface area contributed by atoms with Gasteiger partial charge in [-0.15, -0.1) is 6.58 Å². The standard InChI is InChI=1S/C21H20N2O4S/c1-3-11-23-20(26)19(13-14-5-10-17(25)18(12-14)27-4-2)28-21(23)22-15-6-8-16(24)9-7-15/h3,5-10,12-13,24-25H,1,4,11H2,2H3/b19-13-,22-21?. The van der Waals surface area contributed by atoms with E-state index in [9.17, 15) is 15.0 Å². The molecule has 0 bridgehead atoms. The molecule has 3 rings (SSSR count). The van der Waals surface area contributed by atoms with E-state index in [1.54, 1.807) is 53.5 Å². The first-order valence-corrected chi connectivity index (χ1v) is 9.49. The van der Waals surface area contributed by atoms with Crippen LogP contribution in [-0.4, -0.2) is 39.3 Å².